The fourth-order valence-corrected chi connectivity index (χ4v) is 2.02. The summed E-state index contributed by atoms with van der Waals surface area (Å²) in [5, 5.41) is 6.41. The molecule has 0 aliphatic carbocycles. The Morgan fingerprint density at radius 1 is 1.22 bits per heavy atom. The number of nitrogens with one attached hydrogen (secondary N) is 2. The smallest absolute Gasteiger partial charge is 0.218 e. The van der Waals surface area contributed by atoms with E-state index >= 15 is 0 Å². The Morgan fingerprint density at radius 3 is 2.70 bits per heavy atom. The van der Waals surface area contributed by atoms with Crippen LogP contribution in [0.4, 0.5) is 4.39 Å². The number of guanidine groups is 1. The molecule has 1 heterocycles. The van der Waals surface area contributed by atoms with Gasteiger partial charge in [0.05, 0.1) is 13.7 Å². The first kappa shape index (κ1) is 16.7. The molecule has 1 aromatic carbocycles. The van der Waals surface area contributed by atoms with Gasteiger partial charge < -0.3 is 15.4 Å². The van der Waals surface area contributed by atoms with E-state index in [1.807, 2.05) is 19.1 Å². The van der Waals surface area contributed by atoms with Crippen molar-refractivity contribution < 1.29 is 9.13 Å². The molecule has 1 aromatic heterocycles. The third-order valence-corrected chi connectivity index (χ3v) is 3.17. The van der Waals surface area contributed by atoms with Gasteiger partial charge in [0, 0.05) is 24.8 Å². The summed E-state index contributed by atoms with van der Waals surface area (Å²) in [6, 6.07) is 10.1. The molecular formula is C17H21FN4O. The first-order valence-electron chi connectivity index (χ1n) is 7.47. The quantitative estimate of drug-likeness (QED) is 0.635. The van der Waals surface area contributed by atoms with Gasteiger partial charge in [0.15, 0.2) is 5.96 Å². The second-order valence-electron chi connectivity index (χ2n) is 4.85. The molecule has 0 aliphatic rings. The number of halogens is 1. The highest BCUT2D eigenvalue weighted by atomic mass is 19.1. The van der Waals surface area contributed by atoms with Crippen LogP contribution in [0.5, 0.6) is 5.88 Å². The third kappa shape index (κ3) is 5.25. The van der Waals surface area contributed by atoms with Crippen molar-refractivity contribution in [2.24, 2.45) is 4.99 Å². The topological polar surface area (TPSA) is 58.5 Å². The fraction of sp³-hybridized carbons (Fsp3) is 0.294. The summed E-state index contributed by atoms with van der Waals surface area (Å²) in [5.41, 5.74) is 1.89. The van der Waals surface area contributed by atoms with Gasteiger partial charge in [-0.3, -0.25) is 0 Å². The van der Waals surface area contributed by atoms with Crippen LogP contribution in [0, 0.1) is 5.82 Å². The highest BCUT2D eigenvalue weighted by Gasteiger charge is 2.04. The van der Waals surface area contributed by atoms with Crippen molar-refractivity contribution >= 4 is 5.96 Å². The maximum Gasteiger partial charge on any atom is 0.218 e. The van der Waals surface area contributed by atoms with Crippen molar-refractivity contribution in [1.29, 1.82) is 0 Å². The SMILES string of the molecule is CCNC(=NCc1ccc(F)cc1)NCc1cccnc1OC. The van der Waals surface area contributed by atoms with Gasteiger partial charge in [0.2, 0.25) is 5.88 Å². The van der Waals surface area contributed by atoms with Crippen molar-refractivity contribution in [3.8, 4) is 5.88 Å². The van der Waals surface area contributed by atoms with E-state index < -0.39 is 0 Å². The van der Waals surface area contributed by atoms with E-state index in [0.29, 0.717) is 24.9 Å². The van der Waals surface area contributed by atoms with Crippen LogP contribution in [0.15, 0.2) is 47.6 Å². The summed E-state index contributed by atoms with van der Waals surface area (Å²) in [7, 11) is 1.60. The van der Waals surface area contributed by atoms with E-state index in [2.05, 4.69) is 20.6 Å². The average Bonchev–Trinajstić information content (AvgIpc) is 2.59. The van der Waals surface area contributed by atoms with Gasteiger partial charge in [-0.15, -0.1) is 0 Å². The first-order valence-corrected chi connectivity index (χ1v) is 7.47. The molecule has 0 fully saturated rings. The maximum atomic E-state index is 12.9. The summed E-state index contributed by atoms with van der Waals surface area (Å²) in [6.45, 7) is 3.77. The van der Waals surface area contributed by atoms with Crippen molar-refractivity contribution in [3.63, 3.8) is 0 Å². The van der Waals surface area contributed by atoms with Gasteiger partial charge in [0.1, 0.15) is 5.82 Å². The normalized spacial score (nSPS) is 11.2. The van der Waals surface area contributed by atoms with Crippen LogP contribution in [0.2, 0.25) is 0 Å². The van der Waals surface area contributed by atoms with E-state index in [1.54, 1.807) is 25.4 Å². The molecule has 23 heavy (non-hydrogen) atoms. The van der Waals surface area contributed by atoms with E-state index in [4.69, 9.17) is 4.74 Å². The Labute approximate surface area is 135 Å². The van der Waals surface area contributed by atoms with Gasteiger partial charge in [-0.05, 0) is 30.7 Å². The summed E-state index contributed by atoms with van der Waals surface area (Å²) < 4.78 is 18.1. The fourth-order valence-electron chi connectivity index (χ4n) is 2.02. The zero-order chi connectivity index (χ0) is 16.5. The Balaban J connectivity index is 2.00. The summed E-state index contributed by atoms with van der Waals surface area (Å²) in [5.74, 6) is 1.03. The number of rotatable bonds is 6. The molecular weight excluding hydrogens is 295 g/mol. The minimum atomic E-state index is -0.244. The van der Waals surface area contributed by atoms with E-state index in [0.717, 1.165) is 17.7 Å². The zero-order valence-electron chi connectivity index (χ0n) is 13.3. The molecule has 0 amide bonds. The second-order valence-corrected chi connectivity index (χ2v) is 4.85. The Hall–Kier alpha value is -2.63. The minimum Gasteiger partial charge on any atom is -0.481 e. The Kier molecular flexibility index (Phi) is 6.35. The molecule has 2 aromatic rings. The lowest BCUT2D eigenvalue weighted by Crippen LogP contribution is -2.36. The number of methoxy groups -OCH3 is 1. The van der Waals surface area contributed by atoms with Gasteiger partial charge in [-0.2, -0.15) is 0 Å². The van der Waals surface area contributed by atoms with Crippen LogP contribution in [0.25, 0.3) is 0 Å². The number of ether oxygens (including phenoxy) is 1. The number of aliphatic imine (C=N–C) groups is 1. The molecule has 0 unspecified atom stereocenters. The minimum absolute atomic E-state index is 0.244. The molecule has 2 N–H and O–H groups in total. The standard InChI is InChI=1S/C17H21FN4O/c1-3-19-17(21-11-13-6-8-15(18)9-7-13)22-12-14-5-4-10-20-16(14)23-2/h4-10H,3,11-12H2,1-2H3,(H2,19,21,22). The summed E-state index contributed by atoms with van der Waals surface area (Å²) in [4.78, 5) is 8.66. The van der Waals surface area contributed by atoms with Gasteiger partial charge >= 0.3 is 0 Å². The van der Waals surface area contributed by atoms with Crippen molar-refractivity contribution in [2.45, 2.75) is 20.0 Å². The zero-order valence-corrected chi connectivity index (χ0v) is 13.3. The average molecular weight is 316 g/mol. The van der Waals surface area contributed by atoms with E-state index in [-0.39, 0.29) is 5.82 Å². The summed E-state index contributed by atoms with van der Waals surface area (Å²) >= 11 is 0. The molecule has 122 valence electrons. The van der Waals surface area contributed by atoms with Crippen LogP contribution in [0.3, 0.4) is 0 Å². The number of benzene rings is 1. The van der Waals surface area contributed by atoms with E-state index in [1.165, 1.54) is 12.1 Å². The molecule has 0 saturated carbocycles. The van der Waals surface area contributed by atoms with Crippen molar-refractivity contribution in [3.05, 3.63) is 59.5 Å². The molecule has 0 spiro atoms. The predicted octanol–water partition coefficient (Wildman–Crippen LogP) is 2.48. The molecule has 5 nitrogen and oxygen atoms in total. The van der Waals surface area contributed by atoms with Crippen LogP contribution in [-0.4, -0.2) is 24.6 Å². The first-order chi connectivity index (χ1) is 11.2. The molecule has 0 bridgehead atoms. The lowest BCUT2D eigenvalue weighted by atomic mass is 10.2. The predicted molar refractivity (Wildman–Crippen MR) is 88.8 cm³/mol. The third-order valence-electron chi connectivity index (χ3n) is 3.17. The summed E-state index contributed by atoms with van der Waals surface area (Å²) in [6.07, 6.45) is 1.69. The molecule has 6 heteroatoms. The number of hydrogen-bond acceptors (Lipinski definition) is 3. The van der Waals surface area contributed by atoms with Gasteiger partial charge in [-0.1, -0.05) is 18.2 Å². The largest absolute Gasteiger partial charge is 0.481 e. The molecule has 0 aliphatic heterocycles. The van der Waals surface area contributed by atoms with Gasteiger partial charge in [-0.25, -0.2) is 14.4 Å². The van der Waals surface area contributed by atoms with Crippen LogP contribution in [-0.2, 0) is 13.1 Å². The highest BCUT2D eigenvalue weighted by molar-refractivity contribution is 5.79. The Morgan fingerprint density at radius 2 is 2.00 bits per heavy atom. The number of nitrogens with zero attached hydrogens (tertiary/aromatic N) is 2. The van der Waals surface area contributed by atoms with Crippen LogP contribution in [0.1, 0.15) is 18.1 Å². The van der Waals surface area contributed by atoms with Crippen molar-refractivity contribution in [1.82, 2.24) is 15.6 Å². The maximum absolute atomic E-state index is 12.9. The number of hydrogen-bond donors (Lipinski definition) is 2. The molecule has 0 saturated heterocycles. The van der Waals surface area contributed by atoms with Crippen molar-refractivity contribution in [2.75, 3.05) is 13.7 Å². The Bertz CT molecular complexity index is 643. The lowest BCUT2D eigenvalue weighted by Gasteiger charge is -2.12. The van der Waals surface area contributed by atoms with E-state index in [9.17, 15) is 4.39 Å². The second kappa shape index (κ2) is 8.73. The lowest BCUT2D eigenvalue weighted by molar-refractivity contribution is 0.392. The van der Waals surface area contributed by atoms with Crippen LogP contribution < -0.4 is 15.4 Å². The van der Waals surface area contributed by atoms with Gasteiger partial charge in [0.25, 0.3) is 0 Å². The molecule has 0 atom stereocenters. The highest BCUT2D eigenvalue weighted by Crippen LogP contribution is 2.12. The number of aromatic nitrogens is 1. The van der Waals surface area contributed by atoms with Crippen LogP contribution >= 0.6 is 0 Å². The number of pyridine rings is 1. The molecule has 2 rings (SSSR count). The monoisotopic (exact) mass is 316 g/mol. The molecule has 0 radical (unpaired) electrons.